The molecule has 0 aromatic carbocycles. The third-order valence-electron chi connectivity index (χ3n) is 6.45. The molecule has 10 nitrogen and oxygen atoms in total. The van der Waals surface area contributed by atoms with Gasteiger partial charge in [0.15, 0.2) is 0 Å². The van der Waals surface area contributed by atoms with E-state index in [1.807, 2.05) is 0 Å². The lowest BCUT2D eigenvalue weighted by Crippen LogP contribution is -2.59. The highest BCUT2D eigenvalue weighted by Gasteiger charge is 2.45. The number of hydrogen-bond donors (Lipinski definition) is 2. The summed E-state index contributed by atoms with van der Waals surface area (Å²) in [6, 6.07) is 5.47. The lowest BCUT2D eigenvalue weighted by atomic mass is 10.0. The molecule has 0 spiro atoms. The molecular weight excluding hydrogens is 448 g/mol. The van der Waals surface area contributed by atoms with Crippen LogP contribution in [0.25, 0.3) is 0 Å². The van der Waals surface area contributed by atoms with Crippen LogP contribution in [0.15, 0.2) is 49.1 Å². The van der Waals surface area contributed by atoms with Crippen molar-refractivity contribution >= 4 is 29.3 Å². The van der Waals surface area contributed by atoms with E-state index >= 15 is 0 Å². The van der Waals surface area contributed by atoms with E-state index < -0.39 is 23.5 Å². The van der Waals surface area contributed by atoms with Crippen molar-refractivity contribution in [2.45, 2.75) is 57.2 Å². The summed E-state index contributed by atoms with van der Waals surface area (Å²) in [7, 11) is 0. The van der Waals surface area contributed by atoms with E-state index in [1.54, 1.807) is 66.5 Å². The van der Waals surface area contributed by atoms with Crippen molar-refractivity contribution in [3.8, 4) is 0 Å². The van der Waals surface area contributed by atoms with E-state index in [0.29, 0.717) is 50.0 Å². The molecule has 4 heterocycles. The van der Waals surface area contributed by atoms with Crippen LogP contribution in [0.5, 0.6) is 0 Å². The summed E-state index contributed by atoms with van der Waals surface area (Å²) in [6.45, 7) is 4.14. The number of carbonyl (C=O) groups excluding carboxylic acids is 4. The quantitative estimate of drug-likeness (QED) is 0.650. The van der Waals surface area contributed by atoms with Gasteiger partial charge in [0, 0.05) is 31.7 Å². The third kappa shape index (κ3) is 5.31. The first-order valence-corrected chi connectivity index (χ1v) is 11.8. The van der Waals surface area contributed by atoms with Gasteiger partial charge in [0.05, 0.1) is 17.4 Å². The van der Waals surface area contributed by atoms with Crippen LogP contribution >= 0.6 is 0 Å². The molecule has 0 bridgehead atoms. The number of pyridine rings is 2. The largest absolute Gasteiger partial charge is 0.338 e. The van der Waals surface area contributed by atoms with Crippen molar-refractivity contribution in [2.24, 2.45) is 0 Å². The maximum Gasteiger partial charge on any atom is 0.253 e. The number of likely N-dealkylation sites (tertiary alicyclic amines) is 2. The van der Waals surface area contributed by atoms with E-state index in [0.717, 1.165) is 0 Å². The Kier molecular flexibility index (Phi) is 7.09. The molecule has 2 aliphatic heterocycles. The highest BCUT2D eigenvalue weighted by molar-refractivity contribution is 6.01. The van der Waals surface area contributed by atoms with Gasteiger partial charge < -0.3 is 20.4 Å². The van der Waals surface area contributed by atoms with Gasteiger partial charge in [0.1, 0.15) is 17.6 Å². The lowest BCUT2D eigenvalue weighted by molar-refractivity contribution is -0.148. The van der Waals surface area contributed by atoms with Crippen molar-refractivity contribution in [3.05, 3.63) is 54.6 Å². The Morgan fingerprint density at radius 1 is 0.914 bits per heavy atom. The van der Waals surface area contributed by atoms with Gasteiger partial charge in [-0.3, -0.25) is 29.1 Å². The predicted molar refractivity (Wildman–Crippen MR) is 128 cm³/mol. The predicted octanol–water partition coefficient (Wildman–Crippen LogP) is 1.61. The molecule has 0 saturated carbocycles. The molecule has 2 aromatic rings. The minimum atomic E-state index is -1.22. The lowest BCUT2D eigenvalue weighted by Gasteiger charge is -2.35. The van der Waals surface area contributed by atoms with Crippen LogP contribution in [0.1, 0.15) is 49.9 Å². The molecule has 2 fully saturated rings. The smallest absolute Gasteiger partial charge is 0.253 e. The zero-order chi connectivity index (χ0) is 25.0. The molecule has 2 atom stereocenters. The molecule has 4 amide bonds. The van der Waals surface area contributed by atoms with E-state index in [1.165, 1.54) is 6.20 Å². The molecule has 0 radical (unpaired) electrons. The van der Waals surface area contributed by atoms with Crippen molar-refractivity contribution in [3.63, 3.8) is 0 Å². The zero-order valence-electron chi connectivity index (χ0n) is 19.9. The third-order valence-corrected chi connectivity index (χ3v) is 6.45. The minimum Gasteiger partial charge on any atom is -0.338 e. The van der Waals surface area contributed by atoms with Crippen LogP contribution in [0.3, 0.4) is 0 Å². The second kappa shape index (κ2) is 10.2. The number of hydrogen-bond acceptors (Lipinski definition) is 6. The topological polar surface area (TPSA) is 125 Å². The number of amides is 4. The van der Waals surface area contributed by atoms with Gasteiger partial charge in [-0.25, -0.2) is 0 Å². The summed E-state index contributed by atoms with van der Waals surface area (Å²) in [6.07, 6.45) is 8.64. The maximum atomic E-state index is 13.5. The van der Waals surface area contributed by atoms with E-state index in [9.17, 15) is 19.2 Å². The van der Waals surface area contributed by atoms with Crippen LogP contribution < -0.4 is 10.6 Å². The van der Waals surface area contributed by atoms with E-state index in [-0.39, 0.29) is 17.7 Å². The molecule has 0 unspecified atom stereocenters. The highest BCUT2D eigenvalue weighted by atomic mass is 16.2. The molecule has 2 aliphatic rings. The molecule has 2 N–H and O–H groups in total. The Bertz CT molecular complexity index is 1090. The number of rotatable bonds is 6. The van der Waals surface area contributed by atoms with Gasteiger partial charge in [-0.15, -0.1) is 0 Å². The molecule has 10 heteroatoms. The van der Waals surface area contributed by atoms with Gasteiger partial charge in [-0.05, 0) is 63.8 Å². The van der Waals surface area contributed by atoms with E-state index in [2.05, 4.69) is 20.6 Å². The van der Waals surface area contributed by atoms with Crippen LogP contribution in [0.2, 0.25) is 0 Å². The molecule has 184 valence electrons. The van der Waals surface area contributed by atoms with Crippen molar-refractivity contribution in [1.82, 2.24) is 25.1 Å². The minimum absolute atomic E-state index is 0.228. The van der Waals surface area contributed by atoms with Crippen LogP contribution in [-0.2, 0) is 14.4 Å². The zero-order valence-corrected chi connectivity index (χ0v) is 19.9. The number of carbonyl (C=O) groups is 4. The first-order chi connectivity index (χ1) is 16.8. The number of nitrogens with zero attached hydrogens (tertiary/aromatic N) is 4. The number of nitrogens with one attached hydrogen (secondary N) is 2. The summed E-state index contributed by atoms with van der Waals surface area (Å²) in [5.41, 5.74) is -0.305. The fraction of sp³-hybridized carbons (Fsp3) is 0.440. The van der Waals surface area contributed by atoms with Gasteiger partial charge >= 0.3 is 0 Å². The Labute approximate surface area is 204 Å². The number of aromatic nitrogens is 2. The fourth-order valence-electron chi connectivity index (χ4n) is 4.69. The van der Waals surface area contributed by atoms with Crippen LogP contribution in [0.4, 0.5) is 5.69 Å². The molecule has 2 saturated heterocycles. The molecular formula is C25H30N6O4. The average molecular weight is 479 g/mol. The summed E-state index contributed by atoms with van der Waals surface area (Å²) < 4.78 is 0. The maximum absolute atomic E-state index is 13.5. The molecule has 0 aliphatic carbocycles. The molecule has 35 heavy (non-hydrogen) atoms. The Hall–Kier alpha value is -3.82. The van der Waals surface area contributed by atoms with Gasteiger partial charge in [0.25, 0.3) is 5.91 Å². The van der Waals surface area contributed by atoms with Crippen molar-refractivity contribution < 1.29 is 19.2 Å². The van der Waals surface area contributed by atoms with Crippen molar-refractivity contribution in [2.75, 3.05) is 18.4 Å². The van der Waals surface area contributed by atoms with Gasteiger partial charge in [0.2, 0.25) is 17.7 Å². The number of anilines is 1. The molecule has 4 rings (SSSR count). The standard InChI is InChI=1S/C25H30N6O4/c1-25(2,29-21(32)17-7-3-11-26-15-17)24(35)31-14-6-10-20(31)23(34)30-13-5-9-19(30)22(33)28-18-8-4-12-27-16-18/h3-4,7-8,11-12,15-16,19-20H,5-6,9-10,13-14H2,1-2H3,(H,28,33)(H,29,32)/t19-,20-/m0/s1. The average Bonchev–Trinajstić information content (AvgIpc) is 3.54. The Morgan fingerprint density at radius 2 is 1.57 bits per heavy atom. The van der Waals surface area contributed by atoms with Crippen LogP contribution in [0, 0.1) is 0 Å². The van der Waals surface area contributed by atoms with Gasteiger partial charge in [-0.2, -0.15) is 0 Å². The monoisotopic (exact) mass is 478 g/mol. The normalized spacial score (nSPS) is 19.9. The fourth-order valence-corrected chi connectivity index (χ4v) is 4.69. The first-order valence-electron chi connectivity index (χ1n) is 11.8. The van der Waals surface area contributed by atoms with Crippen molar-refractivity contribution in [1.29, 1.82) is 0 Å². The Balaban J connectivity index is 1.44. The SMILES string of the molecule is CC(C)(NC(=O)c1cccnc1)C(=O)N1CCC[C@H]1C(=O)N1CCC[C@H]1C(=O)Nc1cccnc1. The summed E-state index contributed by atoms with van der Waals surface area (Å²) in [5.74, 6) is -1.23. The Morgan fingerprint density at radius 3 is 2.23 bits per heavy atom. The second-order valence-electron chi connectivity index (χ2n) is 9.40. The summed E-state index contributed by atoms with van der Waals surface area (Å²) in [5, 5.41) is 5.59. The van der Waals surface area contributed by atoms with Crippen LogP contribution in [-0.4, -0.2) is 74.1 Å². The second-order valence-corrected chi connectivity index (χ2v) is 9.40. The van der Waals surface area contributed by atoms with Gasteiger partial charge in [-0.1, -0.05) is 0 Å². The van der Waals surface area contributed by atoms with E-state index in [4.69, 9.17) is 0 Å². The highest BCUT2D eigenvalue weighted by Crippen LogP contribution is 2.27. The summed E-state index contributed by atoms with van der Waals surface area (Å²) >= 11 is 0. The summed E-state index contributed by atoms with van der Waals surface area (Å²) in [4.78, 5) is 63.6. The molecule has 2 aromatic heterocycles. The first kappa shape index (κ1) is 24.3.